The molecule has 0 spiro atoms. The van der Waals surface area contributed by atoms with Gasteiger partial charge in [-0.25, -0.2) is 4.98 Å². The van der Waals surface area contributed by atoms with Gasteiger partial charge in [0.25, 0.3) is 0 Å². The predicted octanol–water partition coefficient (Wildman–Crippen LogP) is 1.89. The number of aromatic nitrogens is 2. The summed E-state index contributed by atoms with van der Waals surface area (Å²) in [6.07, 6.45) is 2.56. The second-order valence-corrected chi connectivity index (χ2v) is 3.63. The van der Waals surface area contributed by atoms with Crippen LogP contribution < -0.4 is 5.73 Å². The molecule has 78 valence electrons. The van der Waals surface area contributed by atoms with E-state index in [0.717, 1.165) is 23.4 Å². The van der Waals surface area contributed by atoms with Gasteiger partial charge in [-0.15, -0.1) is 0 Å². The Labute approximate surface area is 89.4 Å². The highest BCUT2D eigenvalue weighted by Gasteiger charge is 2.06. The molecule has 0 radical (unpaired) electrons. The van der Waals surface area contributed by atoms with Crippen LogP contribution in [0.2, 0.25) is 0 Å². The van der Waals surface area contributed by atoms with Gasteiger partial charge in [0, 0.05) is 17.7 Å². The first-order valence-corrected chi connectivity index (χ1v) is 5.10. The minimum Gasteiger partial charge on any atom is -0.348 e. The van der Waals surface area contributed by atoms with Crippen LogP contribution in [0.1, 0.15) is 11.3 Å². The molecule has 2 rings (SSSR count). The molecule has 3 N–H and O–H groups in total. The van der Waals surface area contributed by atoms with E-state index in [9.17, 15) is 0 Å². The minimum absolute atomic E-state index is 0.640. The Bertz CT molecular complexity index is 428. The van der Waals surface area contributed by atoms with Gasteiger partial charge in [-0.05, 0) is 13.5 Å². The molecule has 0 bridgehead atoms. The Morgan fingerprint density at radius 3 is 2.67 bits per heavy atom. The fourth-order valence-electron chi connectivity index (χ4n) is 1.62. The molecule has 0 saturated heterocycles. The van der Waals surface area contributed by atoms with Crippen LogP contribution >= 0.6 is 0 Å². The second kappa shape index (κ2) is 4.28. The third-order valence-electron chi connectivity index (χ3n) is 2.44. The first-order valence-electron chi connectivity index (χ1n) is 5.10. The number of nitrogens with one attached hydrogen (secondary N) is 1. The molecule has 1 heterocycles. The second-order valence-electron chi connectivity index (χ2n) is 3.63. The molecule has 3 nitrogen and oxygen atoms in total. The van der Waals surface area contributed by atoms with Crippen molar-refractivity contribution in [3.8, 4) is 11.3 Å². The average Bonchev–Trinajstić information content (AvgIpc) is 2.68. The number of aromatic amines is 1. The van der Waals surface area contributed by atoms with Crippen molar-refractivity contribution < 1.29 is 0 Å². The van der Waals surface area contributed by atoms with E-state index in [2.05, 4.69) is 41.2 Å². The third-order valence-corrected chi connectivity index (χ3v) is 2.44. The number of hydrogen-bond donors (Lipinski definition) is 2. The molecule has 2 aromatic rings. The summed E-state index contributed by atoms with van der Waals surface area (Å²) >= 11 is 0. The lowest BCUT2D eigenvalue weighted by Crippen LogP contribution is -2.03. The molecule has 0 aliphatic carbocycles. The lowest BCUT2D eigenvalue weighted by Gasteiger charge is -2.01. The van der Waals surface area contributed by atoms with Crippen LogP contribution in [0.4, 0.5) is 0 Å². The Kier molecular flexibility index (Phi) is 2.83. The quantitative estimate of drug-likeness (QED) is 0.796. The van der Waals surface area contributed by atoms with Crippen molar-refractivity contribution in [1.82, 2.24) is 9.97 Å². The molecule has 0 saturated carbocycles. The summed E-state index contributed by atoms with van der Waals surface area (Å²) in [4.78, 5) is 7.45. The topological polar surface area (TPSA) is 54.7 Å². The molecule has 0 amide bonds. The number of H-pyrrole nitrogens is 1. The molecule has 0 atom stereocenters. The number of nitrogens with two attached hydrogens (primary N) is 1. The van der Waals surface area contributed by atoms with Gasteiger partial charge in [-0.2, -0.15) is 0 Å². The summed E-state index contributed by atoms with van der Waals surface area (Å²) < 4.78 is 0. The van der Waals surface area contributed by atoms with Gasteiger partial charge in [0.05, 0.1) is 12.0 Å². The number of imidazole rings is 1. The summed E-state index contributed by atoms with van der Waals surface area (Å²) in [6.45, 7) is 2.72. The zero-order chi connectivity index (χ0) is 10.7. The van der Waals surface area contributed by atoms with E-state index < -0.39 is 0 Å². The summed E-state index contributed by atoms with van der Waals surface area (Å²) in [7, 11) is 0. The maximum Gasteiger partial charge on any atom is 0.0929 e. The number of rotatable bonds is 3. The van der Waals surface area contributed by atoms with Crippen LogP contribution in [0.25, 0.3) is 11.3 Å². The van der Waals surface area contributed by atoms with E-state index >= 15 is 0 Å². The average molecular weight is 201 g/mol. The maximum absolute atomic E-state index is 5.54. The standard InChI is InChI=1S/C12H15N3/c1-9-2-4-10(5-3-9)12-11(6-7-13)14-8-15-12/h2-5,8H,6-7,13H2,1H3,(H,14,15). The van der Waals surface area contributed by atoms with Gasteiger partial charge < -0.3 is 10.7 Å². The number of aryl methyl sites for hydroxylation is 1. The highest BCUT2D eigenvalue weighted by Crippen LogP contribution is 2.20. The van der Waals surface area contributed by atoms with Gasteiger partial charge in [-0.3, -0.25) is 0 Å². The van der Waals surface area contributed by atoms with Gasteiger partial charge in [0.15, 0.2) is 0 Å². The summed E-state index contributed by atoms with van der Waals surface area (Å²) in [5.74, 6) is 0. The van der Waals surface area contributed by atoms with Crippen molar-refractivity contribution >= 4 is 0 Å². The largest absolute Gasteiger partial charge is 0.348 e. The molecule has 0 aliphatic rings. The van der Waals surface area contributed by atoms with Crippen molar-refractivity contribution in [1.29, 1.82) is 0 Å². The molecular weight excluding hydrogens is 186 g/mol. The van der Waals surface area contributed by atoms with Crippen molar-refractivity contribution in [2.45, 2.75) is 13.3 Å². The maximum atomic E-state index is 5.54. The van der Waals surface area contributed by atoms with E-state index in [-0.39, 0.29) is 0 Å². The molecule has 0 aliphatic heterocycles. The lowest BCUT2D eigenvalue weighted by molar-refractivity contribution is 0.937. The van der Waals surface area contributed by atoms with Crippen LogP contribution in [0.3, 0.4) is 0 Å². The number of hydrogen-bond acceptors (Lipinski definition) is 2. The normalized spacial score (nSPS) is 10.5. The van der Waals surface area contributed by atoms with Crippen molar-refractivity contribution in [2.75, 3.05) is 6.54 Å². The van der Waals surface area contributed by atoms with Crippen molar-refractivity contribution in [2.24, 2.45) is 5.73 Å². The molecule has 1 aromatic heterocycles. The zero-order valence-corrected chi connectivity index (χ0v) is 8.83. The Balaban J connectivity index is 2.36. The van der Waals surface area contributed by atoms with Crippen LogP contribution in [0, 0.1) is 6.92 Å². The van der Waals surface area contributed by atoms with Crippen molar-refractivity contribution in [3.63, 3.8) is 0 Å². The molecule has 0 unspecified atom stereocenters. The smallest absolute Gasteiger partial charge is 0.0929 e. The molecule has 1 aromatic carbocycles. The predicted molar refractivity (Wildman–Crippen MR) is 61.5 cm³/mol. The summed E-state index contributed by atoms with van der Waals surface area (Å²) in [5, 5.41) is 0. The zero-order valence-electron chi connectivity index (χ0n) is 8.83. The SMILES string of the molecule is Cc1ccc(-c2nc[nH]c2CCN)cc1. The Morgan fingerprint density at radius 2 is 2.00 bits per heavy atom. The lowest BCUT2D eigenvalue weighted by atomic mass is 10.1. The monoisotopic (exact) mass is 201 g/mol. The van der Waals surface area contributed by atoms with E-state index in [1.165, 1.54) is 5.56 Å². The Hall–Kier alpha value is -1.61. The molecule has 3 heteroatoms. The molecule has 0 fully saturated rings. The van der Waals surface area contributed by atoms with Crippen LogP contribution in [0.5, 0.6) is 0 Å². The van der Waals surface area contributed by atoms with Crippen molar-refractivity contribution in [3.05, 3.63) is 41.9 Å². The minimum atomic E-state index is 0.640. The van der Waals surface area contributed by atoms with E-state index in [1.54, 1.807) is 6.33 Å². The molecular formula is C12H15N3. The van der Waals surface area contributed by atoms with Crippen LogP contribution in [-0.2, 0) is 6.42 Å². The van der Waals surface area contributed by atoms with Crippen LogP contribution in [-0.4, -0.2) is 16.5 Å². The third kappa shape index (κ3) is 2.07. The van der Waals surface area contributed by atoms with E-state index in [4.69, 9.17) is 5.73 Å². The van der Waals surface area contributed by atoms with E-state index in [0.29, 0.717) is 6.54 Å². The first-order chi connectivity index (χ1) is 7.31. The fourth-order valence-corrected chi connectivity index (χ4v) is 1.62. The molecule has 15 heavy (non-hydrogen) atoms. The highest BCUT2D eigenvalue weighted by molar-refractivity contribution is 5.62. The van der Waals surface area contributed by atoms with Crippen LogP contribution in [0.15, 0.2) is 30.6 Å². The fraction of sp³-hybridized carbons (Fsp3) is 0.250. The Morgan fingerprint density at radius 1 is 1.27 bits per heavy atom. The number of benzene rings is 1. The summed E-state index contributed by atoms with van der Waals surface area (Å²) in [6, 6.07) is 8.36. The van der Waals surface area contributed by atoms with Gasteiger partial charge in [0.2, 0.25) is 0 Å². The summed E-state index contributed by atoms with van der Waals surface area (Å²) in [5.41, 5.74) is 10.1. The van der Waals surface area contributed by atoms with Gasteiger partial charge in [0.1, 0.15) is 0 Å². The first kappa shape index (κ1) is 9.93. The van der Waals surface area contributed by atoms with E-state index in [1.807, 2.05) is 0 Å². The number of nitrogens with zero attached hydrogens (tertiary/aromatic N) is 1. The highest BCUT2D eigenvalue weighted by atomic mass is 14.9. The van der Waals surface area contributed by atoms with Gasteiger partial charge >= 0.3 is 0 Å². The van der Waals surface area contributed by atoms with Gasteiger partial charge in [-0.1, -0.05) is 29.8 Å².